The average Bonchev–Trinajstić information content (AvgIpc) is 3.53. The molecule has 1 aromatic heterocycles. The average molecular weight is 701 g/mol. The lowest BCUT2D eigenvalue weighted by Gasteiger charge is -2.27. The highest BCUT2D eigenvalue weighted by Crippen LogP contribution is 2.25. The number of ether oxygens (including phenoxy) is 1. The molecule has 1 unspecified atom stereocenters. The third-order valence-electron chi connectivity index (χ3n) is 7.27. The lowest BCUT2D eigenvalue weighted by Crippen LogP contribution is -2.57. The molecule has 3 rings (SSSR count). The molecule has 2 aromatic carbocycles. The normalized spacial score (nSPS) is 14.5. The van der Waals surface area contributed by atoms with Crippen molar-refractivity contribution in [2.24, 2.45) is 11.3 Å². The van der Waals surface area contributed by atoms with Crippen LogP contribution < -0.4 is 20.7 Å². The number of nitrogens with one attached hydrogen (secondary N) is 4. The van der Waals surface area contributed by atoms with Crippen molar-refractivity contribution in [1.29, 1.82) is 0 Å². The summed E-state index contributed by atoms with van der Waals surface area (Å²) in [5.74, 6) is -2.12. The SMILES string of the molecule is COC[C@H](NC(=O)[C@H](CC(=O)NCC(C)(C)C)NS(=O)(=O)c1ccc(C)cc1)C(=O)N[C@@H](CC(C)C)C(O)c1nnc(-c2ccccc2)o1. The number of sulfonamides is 1. The van der Waals surface area contributed by atoms with Crippen molar-refractivity contribution in [1.82, 2.24) is 30.9 Å². The van der Waals surface area contributed by atoms with Crippen LogP contribution in [0.5, 0.6) is 0 Å². The first-order chi connectivity index (χ1) is 23.0. The van der Waals surface area contributed by atoms with Crippen molar-refractivity contribution in [2.75, 3.05) is 20.3 Å². The molecular weight excluding hydrogens is 652 g/mol. The van der Waals surface area contributed by atoms with E-state index in [9.17, 15) is 27.9 Å². The Hall–Kier alpha value is -4.18. The van der Waals surface area contributed by atoms with Gasteiger partial charge in [0.25, 0.3) is 0 Å². The number of aromatic nitrogens is 2. The van der Waals surface area contributed by atoms with Crippen molar-refractivity contribution < 1.29 is 37.1 Å². The number of aryl methyl sites for hydroxylation is 1. The van der Waals surface area contributed by atoms with Crippen LogP contribution >= 0.6 is 0 Å². The van der Waals surface area contributed by atoms with Crippen LogP contribution in [0.3, 0.4) is 0 Å². The van der Waals surface area contributed by atoms with Crippen LogP contribution in [0, 0.1) is 18.3 Å². The van der Waals surface area contributed by atoms with Gasteiger partial charge in [-0.1, -0.05) is 70.5 Å². The topological polar surface area (TPSA) is 202 Å². The lowest BCUT2D eigenvalue weighted by molar-refractivity contribution is -0.133. The van der Waals surface area contributed by atoms with Gasteiger partial charge < -0.3 is 30.2 Å². The number of carbonyl (C=O) groups excluding carboxylic acids is 3. The molecule has 0 saturated heterocycles. The summed E-state index contributed by atoms with van der Waals surface area (Å²) < 4.78 is 39.8. The predicted octanol–water partition coefficient (Wildman–Crippen LogP) is 2.64. The van der Waals surface area contributed by atoms with Crippen molar-refractivity contribution in [2.45, 2.75) is 83.5 Å². The molecule has 0 bridgehead atoms. The first-order valence-corrected chi connectivity index (χ1v) is 17.5. The van der Waals surface area contributed by atoms with Gasteiger partial charge in [-0.15, -0.1) is 10.2 Å². The maximum absolute atomic E-state index is 13.7. The first kappa shape index (κ1) is 39.3. The molecule has 0 saturated carbocycles. The highest BCUT2D eigenvalue weighted by Gasteiger charge is 2.34. The highest BCUT2D eigenvalue weighted by atomic mass is 32.2. The lowest BCUT2D eigenvalue weighted by atomic mass is 9.97. The van der Waals surface area contributed by atoms with Gasteiger partial charge in [0, 0.05) is 19.2 Å². The highest BCUT2D eigenvalue weighted by molar-refractivity contribution is 7.89. The van der Waals surface area contributed by atoms with Gasteiger partial charge in [-0.3, -0.25) is 14.4 Å². The smallest absolute Gasteiger partial charge is 0.247 e. The fourth-order valence-corrected chi connectivity index (χ4v) is 5.88. The first-order valence-electron chi connectivity index (χ1n) is 16.0. The Bertz CT molecular complexity index is 1640. The number of aliphatic hydroxyl groups is 1. The Morgan fingerprint density at radius 3 is 2.16 bits per heavy atom. The molecule has 5 N–H and O–H groups in total. The van der Waals surface area contributed by atoms with Gasteiger partial charge in [0.2, 0.25) is 39.5 Å². The molecule has 15 heteroatoms. The fourth-order valence-electron chi connectivity index (χ4n) is 4.69. The van der Waals surface area contributed by atoms with Crippen molar-refractivity contribution in [3.63, 3.8) is 0 Å². The summed E-state index contributed by atoms with van der Waals surface area (Å²) in [4.78, 5) is 40.1. The molecule has 268 valence electrons. The predicted molar refractivity (Wildman–Crippen MR) is 182 cm³/mol. The molecule has 0 fully saturated rings. The molecule has 1 heterocycles. The molecule has 4 atom stereocenters. The van der Waals surface area contributed by atoms with E-state index in [1.54, 1.807) is 43.3 Å². The largest absolute Gasteiger partial charge is 0.418 e. The van der Waals surface area contributed by atoms with E-state index in [1.807, 2.05) is 40.7 Å². The van der Waals surface area contributed by atoms with Gasteiger partial charge in [-0.25, -0.2) is 8.42 Å². The molecular formula is C34H48N6O8S. The summed E-state index contributed by atoms with van der Waals surface area (Å²) >= 11 is 0. The number of nitrogens with zero attached hydrogens (tertiary/aromatic N) is 2. The van der Waals surface area contributed by atoms with Gasteiger partial charge in [0.05, 0.1) is 24.0 Å². The second-order valence-corrected chi connectivity index (χ2v) is 15.3. The molecule has 49 heavy (non-hydrogen) atoms. The number of amides is 3. The van der Waals surface area contributed by atoms with E-state index >= 15 is 0 Å². The van der Waals surface area contributed by atoms with Crippen LogP contribution in [0.25, 0.3) is 11.5 Å². The van der Waals surface area contributed by atoms with Crippen LogP contribution in [0.4, 0.5) is 0 Å². The third-order valence-corrected chi connectivity index (χ3v) is 8.75. The third kappa shape index (κ3) is 12.3. The van der Waals surface area contributed by atoms with E-state index in [-0.39, 0.29) is 41.2 Å². The van der Waals surface area contributed by atoms with Crippen molar-refractivity contribution in [3.05, 3.63) is 66.1 Å². The maximum atomic E-state index is 13.7. The van der Waals surface area contributed by atoms with Crippen LogP contribution in [-0.2, 0) is 29.1 Å². The number of carbonyl (C=O) groups is 3. The van der Waals surface area contributed by atoms with Crippen LogP contribution in [-0.4, -0.2) is 79.8 Å². The Morgan fingerprint density at radius 2 is 1.57 bits per heavy atom. The summed E-state index contributed by atoms with van der Waals surface area (Å²) in [6, 6.07) is 11.2. The standard InChI is InChI=1S/C34H48N6O8S/c1-21(2)17-25(29(42)33-39-38-32(48-33)23-11-9-8-10-12-23)36-31(44)27(19-47-7)37-30(43)26(18-28(41)35-20-34(4,5)6)40-49(45,46)24-15-13-22(3)14-16-24/h8-16,21,25-27,29,40,42H,17-20H2,1-7H3,(H,35,41)(H,36,44)(H,37,43)/t25-,26-,27-,29?/m0/s1. The minimum Gasteiger partial charge on any atom is -0.418 e. The molecule has 14 nitrogen and oxygen atoms in total. The summed E-state index contributed by atoms with van der Waals surface area (Å²) in [6.45, 7) is 11.3. The van der Waals surface area contributed by atoms with E-state index in [4.69, 9.17) is 9.15 Å². The molecule has 0 aliphatic rings. The van der Waals surface area contributed by atoms with Crippen LogP contribution in [0.2, 0.25) is 0 Å². The van der Waals surface area contributed by atoms with Gasteiger partial charge in [0.1, 0.15) is 12.1 Å². The molecule has 0 aliphatic heterocycles. The number of hydrogen-bond acceptors (Lipinski definition) is 10. The number of rotatable bonds is 17. The summed E-state index contributed by atoms with van der Waals surface area (Å²) in [6.07, 6.45) is -1.63. The Morgan fingerprint density at radius 1 is 0.939 bits per heavy atom. The van der Waals surface area contributed by atoms with E-state index < -0.39 is 58.4 Å². The minimum absolute atomic E-state index is 0.0131. The zero-order valence-electron chi connectivity index (χ0n) is 29.0. The monoisotopic (exact) mass is 700 g/mol. The Kier molecular flexibility index (Phi) is 14.0. The number of benzene rings is 2. The summed E-state index contributed by atoms with van der Waals surface area (Å²) in [7, 11) is -2.92. The maximum Gasteiger partial charge on any atom is 0.247 e. The molecule has 0 radical (unpaired) electrons. The van der Waals surface area contributed by atoms with Gasteiger partial charge >= 0.3 is 0 Å². The van der Waals surface area contributed by atoms with Crippen molar-refractivity contribution in [3.8, 4) is 11.5 Å². The molecule has 0 aliphatic carbocycles. The number of aliphatic hydroxyl groups excluding tert-OH is 1. The van der Waals surface area contributed by atoms with Crippen LogP contribution in [0.1, 0.15) is 65.0 Å². The minimum atomic E-state index is -4.25. The summed E-state index contributed by atoms with van der Waals surface area (Å²) in [5.41, 5.74) is 1.22. The number of methoxy groups -OCH3 is 1. The van der Waals surface area contributed by atoms with Crippen molar-refractivity contribution >= 4 is 27.7 Å². The van der Waals surface area contributed by atoms with E-state index in [1.165, 1.54) is 19.2 Å². The Balaban J connectivity index is 1.82. The number of hydrogen-bond donors (Lipinski definition) is 5. The molecule has 3 amide bonds. The van der Waals surface area contributed by atoms with Gasteiger partial charge in [-0.05, 0) is 48.9 Å². The van der Waals surface area contributed by atoms with Gasteiger partial charge in [-0.2, -0.15) is 4.72 Å². The second-order valence-electron chi connectivity index (χ2n) is 13.5. The Labute approximate surface area is 287 Å². The quantitative estimate of drug-likeness (QED) is 0.139. The van der Waals surface area contributed by atoms with E-state index in [0.717, 1.165) is 5.56 Å². The fraction of sp³-hybridized carbons (Fsp3) is 0.500. The van der Waals surface area contributed by atoms with Crippen LogP contribution in [0.15, 0.2) is 63.9 Å². The van der Waals surface area contributed by atoms with E-state index in [2.05, 4.69) is 30.9 Å². The zero-order chi connectivity index (χ0) is 36.4. The van der Waals surface area contributed by atoms with E-state index in [0.29, 0.717) is 12.0 Å². The summed E-state index contributed by atoms with van der Waals surface area (Å²) in [5, 5.41) is 27.2. The molecule has 0 spiro atoms. The second kappa shape index (κ2) is 17.5. The zero-order valence-corrected chi connectivity index (χ0v) is 29.8. The van der Waals surface area contributed by atoms with Gasteiger partial charge in [0.15, 0.2) is 6.10 Å². The molecule has 3 aromatic rings.